The molecule has 1 heteroatoms. The van der Waals surface area contributed by atoms with E-state index in [-0.39, 0.29) is 11.7 Å². The highest BCUT2D eigenvalue weighted by molar-refractivity contribution is 5.83. The lowest BCUT2D eigenvalue weighted by molar-refractivity contribution is 0.610. The van der Waals surface area contributed by atoms with Gasteiger partial charge in [0.05, 0.1) is 0 Å². The molecule has 2 aromatic rings. The summed E-state index contributed by atoms with van der Waals surface area (Å²) in [5.41, 5.74) is 0.795. The third kappa shape index (κ3) is 1.39. The van der Waals surface area contributed by atoms with Gasteiger partial charge in [-0.2, -0.15) is 0 Å². The molecule has 0 bridgehead atoms. The molecule has 0 unspecified atom stereocenters. The molecule has 0 nitrogen and oxygen atoms in total. The molecule has 0 radical (unpaired) electrons. The van der Waals surface area contributed by atoms with Crippen LogP contribution in [0.5, 0.6) is 0 Å². The smallest absolute Gasteiger partial charge is 0.134 e. The highest BCUT2D eigenvalue weighted by Gasteiger charge is 2.09. The van der Waals surface area contributed by atoms with Crippen molar-refractivity contribution in [2.24, 2.45) is 0 Å². The number of fused-ring (bicyclic) bond motifs is 1. The zero-order chi connectivity index (χ0) is 10.1. The number of hydrogen-bond donors (Lipinski definition) is 0. The molecule has 2 aromatic carbocycles. The monoisotopic (exact) mass is 188 g/mol. The van der Waals surface area contributed by atoms with E-state index in [0.29, 0.717) is 0 Å². The highest BCUT2D eigenvalue weighted by atomic mass is 19.1. The van der Waals surface area contributed by atoms with Gasteiger partial charge in [-0.25, -0.2) is 4.39 Å². The van der Waals surface area contributed by atoms with E-state index in [1.165, 1.54) is 0 Å². The fourth-order valence-electron chi connectivity index (χ4n) is 1.70. The Morgan fingerprint density at radius 3 is 2.43 bits per heavy atom. The topological polar surface area (TPSA) is 0 Å². The Morgan fingerprint density at radius 1 is 1.00 bits per heavy atom. The van der Waals surface area contributed by atoms with Gasteiger partial charge in [-0.1, -0.05) is 50.2 Å². The Labute approximate surface area is 83.4 Å². The zero-order valence-electron chi connectivity index (χ0n) is 8.42. The summed E-state index contributed by atoms with van der Waals surface area (Å²) < 4.78 is 13.9. The van der Waals surface area contributed by atoms with E-state index in [0.717, 1.165) is 16.3 Å². The highest BCUT2D eigenvalue weighted by Crippen LogP contribution is 2.25. The molecule has 14 heavy (non-hydrogen) atoms. The summed E-state index contributed by atoms with van der Waals surface area (Å²) in [5, 5.41) is 1.69. The van der Waals surface area contributed by atoms with Crippen LogP contribution in [0.4, 0.5) is 4.39 Å². The number of rotatable bonds is 1. The number of halogens is 1. The van der Waals surface area contributed by atoms with Gasteiger partial charge < -0.3 is 0 Å². The minimum Gasteiger partial charge on any atom is -0.206 e. The van der Waals surface area contributed by atoms with E-state index in [2.05, 4.69) is 0 Å². The van der Waals surface area contributed by atoms with Gasteiger partial charge in [0, 0.05) is 5.39 Å². The van der Waals surface area contributed by atoms with Crippen molar-refractivity contribution in [2.75, 3.05) is 0 Å². The molecule has 0 heterocycles. The lowest BCUT2D eigenvalue weighted by Crippen LogP contribution is -1.93. The van der Waals surface area contributed by atoms with Crippen molar-refractivity contribution in [3.63, 3.8) is 0 Å². The standard InChI is InChI=1S/C13H13F/c1-9(2)11-8-7-10-5-3-4-6-12(10)13(11)14/h3-9H,1-2H3. The molecule has 72 valence electrons. The third-order valence-electron chi connectivity index (χ3n) is 2.52. The average Bonchev–Trinajstić information content (AvgIpc) is 2.18. The maximum Gasteiger partial charge on any atom is 0.134 e. The first-order valence-electron chi connectivity index (χ1n) is 4.87. The molecule has 2 rings (SSSR count). The van der Waals surface area contributed by atoms with Crippen LogP contribution in [0.3, 0.4) is 0 Å². The first kappa shape index (κ1) is 9.20. The zero-order valence-corrected chi connectivity index (χ0v) is 8.42. The van der Waals surface area contributed by atoms with Crippen LogP contribution in [-0.4, -0.2) is 0 Å². The van der Waals surface area contributed by atoms with Crippen LogP contribution in [-0.2, 0) is 0 Å². The third-order valence-corrected chi connectivity index (χ3v) is 2.52. The lowest BCUT2D eigenvalue weighted by Gasteiger charge is -2.09. The summed E-state index contributed by atoms with van der Waals surface area (Å²) in [5.74, 6) is 0.165. The van der Waals surface area contributed by atoms with Crippen molar-refractivity contribution < 1.29 is 4.39 Å². The second-order valence-electron chi connectivity index (χ2n) is 3.84. The van der Waals surface area contributed by atoms with Gasteiger partial charge in [-0.05, 0) is 16.9 Å². The van der Waals surface area contributed by atoms with Crippen molar-refractivity contribution in [3.8, 4) is 0 Å². The molecule has 0 spiro atoms. The van der Waals surface area contributed by atoms with E-state index in [4.69, 9.17) is 0 Å². The van der Waals surface area contributed by atoms with E-state index in [9.17, 15) is 4.39 Å². The molecule has 0 amide bonds. The molecule has 0 aliphatic carbocycles. The fraction of sp³-hybridized carbons (Fsp3) is 0.231. The van der Waals surface area contributed by atoms with Gasteiger partial charge in [0.1, 0.15) is 5.82 Å². The molecular weight excluding hydrogens is 175 g/mol. The SMILES string of the molecule is CC(C)c1ccc2ccccc2c1F. The van der Waals surface area contributed by atoms with Crippen LogP contribution >= 0.6 is 0 Å². The summed E-state index contributed by atoms with van der Waals surface area (Å²) in [6.45, 7) is 4.01. The van der Waals surface area contributed by atoms with Crippen LogP contribution in [0, 0.1) is 5.82 Å². The Balaban J connectivity index is 2.75. The molecule has 0 aliphatic rings. The quantitative estimate of drug-likeness (QED) is 0.632. The average molecular weight is 188 g/mol. The molecule has 0 fully saturated rings. The van der Waals surface area contributed by atoms with Crippen molar-refractivity contribution in [2.45, 2.75) is 19.8 Å². The number of hydrogen-bond acceptors (Lipinski definition) is 0. The molecule has 0 saturated heterocycles. The predicted molar refractivity (Wildman–Crippen MR) is 58.0 cm³/mol. The predicted octanol–water partition coefficient (Wildman–Crippen LogP) is 4.10. The van der Waals surface area contributed by atoms with Crippen molar-refractivity contribution in [1.82, 2.24) is 0 Å². The van der Waals surface area contributed by atoms with Gasteiger partial charge >= 0.3 is 0 Å². The largest absolute Gasteiger partial charge is 0.206 e. The van der Waals surface area contributed by atoms with E-state index in [1.807, 2.05) is 50.2 Å². The van der Waals surface area contributed by atoms with E-state index < -0.39 is 0 Å². The van der Waals surface area contributed by atoms with Crippen LogP contribution in [0.15, 0.2) is 36.4 Å². The van der Waals surface area contributed by atoms with Gasteiger partial charge in [-0.15, -0.1) is 0 Å². The second kappa shape index (κ2) is 3.41. The van der Waals surface area contributed by atoms with Crippen molar-refractivity contribution >= 4 is 10.8 Å². The Hall–Kier alpha value is -1.37. The summed E-state index contributed by atoms with van der Waals surface area (Å²) in [7, 11) is 0. The maximum absolute atomic E-state index is 13.9. The maximum atomic E-state index is 13.9. The van der Waals surface area contributed by atoms with Crippen LogP contribution in [0.2, 0.25) is 0 Å². The van der Waals surface area contributed by atoms with E-state index >= 15 is 0 Å². The normalized spacial score (nSPS) is 11.1. The second-order valence-corrected chi connectivity index (χ2v) is 3.84. The van der Waals surface area contributed by atoms with Crippen LogP contribution < -0.4 is 0 Å². The minimum atomic E-state index is -0.0712. The molecule has 0 N–H and O–H groups in total. The summed E-state index contributed by atoms with van der Waals surface area (Å²) in [6, 6.07) is 11.4. The molecule has 0 atom stereocenters. The minimum absolute atomic E-state index is 0.0712. The molecule has 0 aromatic heterocycles. The van der Waals surface area contributed by atoms with E-state index in [1.54, 1.807) is 0 Å². The van der Waals surface area contributed by atoms with Gasteiger partial charge in [0.2, 0.25) is 0 Å². The molecule has 0 aliphatic heterocycles. The summed E-state index contributed by atoms with van der Waals surface area (Å²) in [4.78, 5) is 0. The van der Waals surface area contributed by atoms with Crippen LogP contribution in [0.25, 0.3) is 10.8 Å². The number of benzene rings is 2. The Bertz CT molecular complexity index is 458. The van der Waals surface area contributed by atoms with Gasteiger partial charge in [-0.3, -0.25) is 0 Å². The van der Waals surface area contributed by atoms with Gasteiger partial charge in [0.25, 0.3) is 0 Å². The fourth-order valence-corrected chi connectivity index (χ4v) is 1.70. The van der Waals surface area contributed by atoms with Crippen molar-refractivity contribution in [1.29, 1.82) is 0 Å². The Morgan fingerprint density at radius 2 is 1.71 bits per heavy atom. The summed E-state index contributed by atoms with van der Waals surface area (Å²) in [6.07, 6.45) is 0. The lowest BCUT2D eigenvalue weighted by atomic mass is 9.98. The van der Waals surface area contributed by atoms with Gasteiger partial charge in [0.15, 0.2) is 0 Å². The summed E-state index contributed by atoms with van der Waals surface area (Å²) >= 11 is 0. The Kier molecular flexibility index (Phi) is 2.24. The molecule has 0 saturated carbocycles. The molecular formula is C13H13F. The van der Waals surface area contributed by atoms with Crippen molar-refractivity contribution in [3.05, 3.63) is 47.8 Å². The first-order valence-corrected chi connectivity index (χ1v) is 4.87. The first-order chi connectivity index (χ1) is 6.70. The van der Waals surface area contributed by atoms with Crippen LogP contribution in [0.1, 0.15) is 25.3 Å².